The summed E-state index contributed by atoms with van der Waals surface area (Å²) in [7, 11) is 0. The number of carbonyl (C=O) groups excluding carboxylic acids is 1. The van der Waals surface area contributed by atoms with E-state index in [9.17, 15) is 9.59 Å². The van der Waals surface area contributed by atoms with Crippen LogP contribution in [0.15, 0.2) is 30.3 Å². The maximum absolute atomic E-state index is 12.0. The second-order valence-corrected chi connectivity index (χ2v) is 4.85. The fourth-order valence-electron chi connectivity index (χ4n) is 2.33. The van der Waals surface area contributed by atoms with Crippen molar-refractivity contribution < 1.29 is 14.7 Å². The number of carbonyl (C=O) groups is 2. The third-order valence-electron chi connectivity index (χ3n) is 3.42. The van der Waals surface area contributed by atoms with Gasteiger partial charge in [0, 0.05) is 31.9 Å². The zero-order valence-corrected chi connectivity index (χ0v) is 11.2. The van der Waals surface area contributed by atoms with E-state index < -0.39 is 12.0 Å². The van der Waals surface area contributed by atoms with Crippen LogP contribution >= 0.6 is 0 Å². The number of piperazine rings is 1. The predicted octanol–water partition coefficient (Wildman–Crippen LogP) is 0.137. The van der Waals surface area contributed by atoms with Gasteiger partial charge in [-0.05, 0) is 12.1 Å². The average Bonchev–Trinajstić information content (AvgIpc) is 2.47. The molecule has 0 saturated carbocycles. The number of hydrogen-bond acceptors (Lipinski definition) is 4. The van der Waals surface area contributed by atoms with Crippen LogP contribution in [0.2, 0.25) is 0 Å². The molecular weight excluding hydrogens is 258 g/mol. The Hall–Kier alpha value is -2.08. The molecule has 1 aliphatic heterocycles. The molecule has 0 aromatic heterocycles. The van der Waals surface area contributed by atoms with Gasteiger partial charge in [-0.25, -0.2) is 0 Å². The molecule has 0 spiro atoms. The van der Waals surface area contributed by atoms with E-state index in [2.05, 4.69) is 4.90 Å². The van der Waals surface area contributed by atoms with Crippen molar-refractivity contribution in [3.8, 4) is 0 Å². The quantitative estimate of drug-likeness (QED) is 0.817. The number of hydrogen-bond donors (Lipinski definition) is 2. The highest BCUT2D eigenvalue weighted by Gasteiger charge is 2.26. The van der Waals surface area contributed by atoms with Crippen LogP contribution in [0, 0.1) is 0 Å². The zero-order chi connectivity index (χ0) is 14.5. The highest BCUT2D eigenvalue weighted by Crippen LogP contribution is 2.15. The number of nitrogens with zero attached hydrogens (tertiary/aromatic N) is 2. The van der Waals surface area contributed by atoms with Gasteiger partial charge in [0.15, 0.2) is 0 Å². The Morgan fingerprint density at radius 2 is 1.75 bits per heavy atom. The summed E-state index contributed by atoms with van der Waals surface area (Å²) < 4.78 is 0. The zero-order valence-electron chi connectivity index (χ0n) is 11.2. The van der Waals surface area contributed by atoms with Gasteiger partial charge in [-0.3, -0.25) is 9.59 Å². The molecule has 0 aliphatic carbocycles. The SMILES string of the molecule is NC(CC(=O)O)C(=O)N1CCN(c2ccccc2)CC1. The standard InChI is InChI=1S/C14H19N3O3/c15-12(10-13(18)19)14(20)17-8-6-16(7-9-17)11-4-2-1-3-5-11/h1-5,12H,6-10,15H2,(H,18,19). The summed E-state index contributed by atoms with van der Waals surface area (Å²) >= 11 is 0. The summed E-state index contributed by atoms with van der Waals surface area (Å²) in [6, 6.07) is 9.05. The maximum atomic E-state index is 12.0. The molecule has 1 fully saturated rings. The lowest BCUT2D eigenvalue weighted by atomic mass is 10.1. The number of carboxylic acids is 1. The molecule has 1 aromatic carbocycles. The van der Waals surface area contributed by atoms with Crippen LogP contribution in [0.1, 0.15) is 6.42 Å². The molecule has 108 valence electrons. The molecule has 1 amide bonds. The van der Waals surface area contributed by atoms with E-state index in [1.54, 1.807) is 4.90 Å². The molecule has 0 radical (unpaired) electrons. The van der Waals surface area contributed by atoms with E-state index in [1.165, 1.54) is 0 Å². The summed E-state index contributed by atoms with van der Waals surface area (Å²) in [5, 5.41) is 8.66. The van der Waals surface area contributed by atoms with Gasteiger partial charge in [-0.1, -0.05) is 18.2 Å². The fraction of sp³-hybridized carbons (Fsp3) is 0.429. The molecule has 20 heavy (non-hydrogen) atoms. The molecule has 2 rings (SSSR count). The van der Waals surface area contributed by atoms with Crippen LogP contribution in [0.3, 0.4) is 0 Å². The Balaban J connectivity index is 1.88. The second kappa shape index (κ2) is 6.38. The van der Waals surface area contributed by atoms with Crippen LogP contribution in [0.25, 0.3) is 0 Å². The van der Waals surface area contributed by atoms with Crippen molar-refractivity contribution >= 4 is 17.6 Å². The van der Waals surface area contributed by atoms with E-state index >= 15 is 0 Å². The molecule has 1 aliphatic rings. The highest BCUT2D eigenvalue weighted by molar-refractivity contribution is 5.86. The predicted molar refractivity (Wildman–Crippen MR) is 75.5 cm³/mol. The molecule has 1 aromatic rings. The molecule has 6 nitrogen and oxygen atoms in total. The van der Waals surface area contributed by atoms with E-state index in [1.807, 2.05) is 30.3 Å². The largest absolute Gasteiger partial charge is 0.481 e. The summed E-state index contributed by atoms with van der Waals surface area (Å²) in [5.41, 5.74) is 6.74. The van der Waals surface area contributed by atoms with E-state index in [4.69, 9.17) is 10.8 Å². The van der Waals surface area contributed by atoms with Gasteiger partial charge >= 0.3 is 5.97 Å². The van der Waals surface area contributed by atoms with Gasteiger partial charge in [0.25, 0.3) is 0 Å². The first-order valence-electron chi connectivity index (χ1n) is 6.64. The third-order valence-corrected chi connectivity index (χ3v) is 3.42. The number of carboxylic acid groups (broad SMARTS) is 1. The Morgan fingerprint density at radius 3 is 2.30 bits per heavy atom. The van der Waals surface area contributed by atoms with E-state index in [-0.39, 0.29) is 12.3 Å². The first-order valence-corrected chi connectivity index (χ1v) is 6.64. The van der Waals surface area contributed by atoms with Gasteiger partial charge in [-0.15, -0.1) is 0 Å². The van der Waals surface area contributed by atoms with Gasteiger partial charge in [0.1, 0.15) is 0 Å². The van der Waals surface area contributed by atoms with Gasteiger partial charge in [0.2, 0.25) is 5.91 Å². The number of aliphatic carboxylic acids is 1. The van der Waals surface area contributed by atoms with Crippen molar-refractivity contribution in [3.05, 3.63) is 30.3 Å². The lowest BCUT2D eigenvalue weighted by Crippen LogP contribution is -2.53. The van der Waals surface area contributed by atoms with Crippen molar-refractivity contribution in [2.45, 2.75) is 12.5 Å². The number of benzene rings is 1. The number of anilines is 1. The summed E-state index contributed by atoms with van der Waals surface area (Å²) in [6.07, 6.45) is -0.322. The maximum Gasteiger partial charge on any atom is 0.305 e. The lowest BCUT2D eigenvalue weighted by Gasteiger charge is -2.37. The molecule has 1 unspecified atom stereocenters. The molecule has 0 bridgehead atoms. The molecule has 3 N–H and O–H groups in total. The highest BCUT2D eigenvalue weighted by atomic mass is 16.4. The van der Waals surface area contributed by atoms with Gasteiger partial charge in [0.05, 0.1) is 12.5 Å². The Morgan fingerprint density at radius 1 is 1.15 bits per heavy atom. The number of nitrogens with two attached hydrogens (primary N) is 1. The van der Waals surface area contributed by atoms with E-state index in [0.29, 0.717) is 13.1 Å². The normalized spacial score (nSPS) is 16.9. The first kappa shape index (κ1) is 14.3. The smallest absolute Gasteiger partial charge is 0.305 e. The summed E-state index contributed by atoms with van der Waals surface area (Å²) in [6.45, 7) is 2.60. The molecule has 1 saturated heterocycles. The first-order chi connectivity index (χ1) is 9.58. The van der Waals surface area contributed by atoms with Crippen molar-refractivity contribution in [2.75, 3.05) is 31.1 Å². The van der Waals surface area contributed by atoms with Crippen LogP contribution < -0.4 is 10.6 Å². The minimum Gasteiger partial charge on any atom is -0.481 e. The van der Waals surface area contributed by atoms with Crippen LogP contribution in [-0.4, -0.2) is 54.1 Å². The van der Waals surface area contributed by atoms with Crippen molar-refractivity contribution in [3.63, 3.8) is 0 Å². The Labute approximate surface area is 117 Å². The minimum atomic E-state index is -1.05. The third kappa shape index (κ3) is 3.48. The number of amides is 1. The number of para-hydroxylation sites is 1. The minimum absolute atomic E-state index is 0.278. The van der Waals surface area contributed by atoms with Gasteiger partial charge in [-0.2, -0.15) is 0 Å². The number of rotatable bonds is 4. The van der Waals surface area contributed by atoms with Crippen LogP contribution in [0.4, 0.5) is 5.69 Å². The van der Waals surface area contributed by atoms with Crippen molar-refractivity contribution in [2.24, 2.45) is 5.73 Å². The Kier molecular flexibility index (Phi) is 4.57. The van der Waals surface area contributed by atoms with E-state index in [0.717, 1.165) is 18.8 Å². The molecule has 6 heteroatoms. The second-order valence-electron chi connectivity index (χ2n) is 4.85. The molecule has 1 atom stereocenters. The monoisotopic (exact) mass is 277 g/mol. The Bertz CT molecular complexity index is 470. The molecule has 1 heterocycles. The van der Waals surface area contributed by atoms with Crippen molar-refractivity contribution in [1.29, 1.82) is 0 Å². The van der Waals surface area contributed by atoms with Crippen molar-refractivity contribution in [1.82, 2.24) is 4.90 Å². The van der Waals surface area contributed by atoms with Crippen LogP contribution in [-0.2, 0) is 9.59 Å². The summed E-state index contributed by atoms with van der Waals surface area (Å²) in [5.74, 6) is -1.33. The van der Waals surface area contributed by atoms with Crippen LogP contribution in [0.5, 0.6) is 0 Å². The topological polar surface area (TPSA) is 86.9 Å². The summed E-state index contributed by atoms with van der Waals surface area (Å²) in [4.78, 5) is 26.4. The van der Waals surface area contributed by atoms with Gasteiger partial charge < -0.3 is 20.6 Å². The fourth-order valence-corrected chi connectivity index (χ4v) is 2.33. The molecular formula is C14H19N3O3. The average molecular weight is 277 g/mol. The lowest BCUT2D eigenvalue weighted by molar-refractivity contribution is -0.142.